The van der Waals surface area contributed by atoms with Crippen LogP contribution in [0.3, 0.4) is 0 Å². The highest BCUT2D eigenvalue weighted by Gasteiger charge is 2.53. The van der Waals surface area contributed by atoms with Crippen molar-refractivity contribution in [2.45, 2.75) is 170 Å². The molecule has 6 fully saturated rings. The van der Waals surface area contributed by atoms with Crippen LogP contribution in [0.2, 0.25) is 5.02 Å². The lowest BCUT2D eigenvalue weighted by molar-refractivity contribution is -0.275. The summed E-state index contributed by atoms with van der Waals surface area (Å²) in [6.45, 7) is 7.21. The third-order valence-corrected chi connectivity index (χ3v) is 23.9. The van der Waals surface area contributed by atoms with Gasteiger partial charge in [-0.3, -0.25) is 49.0 Å². The number of phenolic OH excluding ortho intramolecular Hbond substituents is 2. The first-order valence-electron chi connectivity index (χ1n) is 40.5. The van der Waals surface area contributed by atoms with Crippen LogP contribution in [-0.4, -0.2) is 199 Å². The summed E-state index contributed by atoms with van der Waals surface area (Å²) in [6.07, 6.45) is -10.0. The zero-order valence-electron chi connectivity index (χ0n) is 67.8. The van der Waals surface area contributed by atoms with Crippen molar-refractivity contribution in [2.24, 2.45) is 29.6 Å². The first-order chi connectivity index (χ1) is 58.4. The van der Waals surface area contributed by atoms with E-state index >= 15 is 28.8 Å². The van der Waals surface area contributed by atoms with Gasteiger partial charge in [0.25, 0.3) is 0 Å². The number of anilines is 1. The molecule has 36 nitrogen and oxygen atoms in total. The molecule has 0 radical (unpaired) electrons. The lowest BCUT2D eigenvalue weighted by Crippen LogP contribution is -2.65. The van der Waals surface area contributed by atoms with E-state index in [0.717, 1.165) is 44.2 Å². The minimum absolute atomic E-state index is 0.0387. The van der Waals surface area contributed by atoms with Gasteiger partial charge in [0.15, 0.2) is 17.6 Å². The highest BCUT2D eigenvalue weighted by molar-refractivity contribution is 6.32. The Morgan fingerprint density at radius 2 is 1.34 bits per heavy atom. The molecule has 15 bridgehead atoms. The number of aryl methyl sites for hydroxylation is 2. The van der Waals surface area contributed by atoms with Gasteiger partial charge in [-0.05, 0) is 214 Å². The van der Waals surface area contributed by atoms with E-state index in [9.17, 15) is 49.8 Å². The van der Waals surface area contributed by atoms with Crippen LogP contribution in [0.1, 0.15) is 134 Å². The van der Waals surface area contributed by atoms with Gasteiger partial charge in [0.05, 0.1) is 43.1 Å². The number of aliphatic hydroxyl groups is 4. The first-order valence-corrected chi connectivity index (χ1v) is 40.9. The second-order valence-corrected chi connectivity index (χ2v) is 33.1. The van der Waals surface area contributed by atoms with Crippen LogP contribution in [0.15, 0.2) is 97.1 Å². The highest BCUT2D eigenvalue weighted by Crippen LogP contribution is 2.55. The number of rotatable bonds is 20. The molecule has 11 amide bonds. The Balaban J connectivity index is 0.937. The van der Waals surface area contributed by atoms with E-state index in [1.54, 1.807) is 33.2 Å². The second-order valence-electron chi connectivity index (χ2n) is 32.7. The molecule has 0 unspecified atom stereocenters. The van der Waals surface area contributed by atoms with Gasteiger partial charge in [-0.1, -0.05) is 49.7 Å². The average Bonchev–Trinajstić information content (AvgIpc) is 0.757. The Morgan fingerprint density at radius 3 is 2.02 bits per heavy atom. The smallest absolute Gasteiger partial charge is 0.407 e. The van der Waals surface area contributed by atoms with E-state index < -0.39 is 180 Å². The van der Waals surface area contributed by atoms with E-state index in [4.69, 9.17) is 44.8 Å². The quantitative estimate of drug-likeness (QED) is 0.0381. The van der Waals surface area contributed by atoms with E-state index in [0.29, 0.717) is 29.7 Å². The third kappa shape index (κ3) is 18.9. The molecule has 650 valence electrons. The number of imide groups is 1. The number of amides is 11. The van der Waals surface area contributed by atoms with E-state index in [-0.39, 0.29) is 129 Å². The number of carbonyl (C=O) groups is 10. The van der Waals surface area contributed by atoms with E-state index in [1.165, 1.54) is 86.8 Å². The maximum absolute atomic E-state index is 16.6. The normalized spacial score (nSPS) is 27.4. The monoisotopic (exact) mass is 1710 g/mol. The molecule has 2 saturated heterocycles. The van der Waals surface area contributed by atoms with Gasteiger partial charge in [0.1, 0.15) is 102 Å². The summed E-state index contributed by atoms with van der Waals surface area (Å²) in [6, 6.07) is 5.94. The summed E-state index contributed by atoms with van der Waals surface area (Å²) >= 11 is 7.26. The fourth-order valence-corrected chi connectivity index (χ4v) is 18.0. The molecule has 14 atom stereocenters. The number of carbonyl (C=O) groups excluding carboxylic acids is 10. The van der Waals surface area contributed by atoms with Crippen LogP contribution in [-0.2, 0) is 59.2 Å². The second kappa shape index (κ2) is 37.1. The molecule has 37 heteroatoms. The lowest BCUT2D eigenvalue weighted by Gasteiger charge is -2.54. The summed E-state index contributed by atoms with van der Waals surface area (Å²) < 4.78 is 43.4. The molecule has 6 aromatic rings. The highest BCUT2D eigenvalue weighted by atomic mass is 35.5. The van der Waals surface area contributed by atoms with Crippen LogP contribution in [0.5, 0.6) is 46.0 Å². The Hall–Kier alpha value is -11.5. The number of phenols is 2. The maximum Gasteiger partial charge on any atom is 0.407 e. The molecule has 7 aliphatic heterocycles. The maximum atomic E-state index is 16.6. The number of nitrogens with one attached hydrogen (secondary N) is 13. The predicted octanol–water partition coefficient (Wildman–Crippen LogP) is 3.89. The largest absolute Gasteiger partial charge is 0.508 e. The summed E-state index contributed by atoms with van der Waals surface area (Å²) in [5.74, 6) is -10.7. The van der Waals surface area contributed by atoms with Crippen LogP contribution < -0.4 is 88.1 Å². The molecule has 17 rings (SSSR count). The van der Waals surface area contributed by atoms with Crippen LogP contribution in [0.25, 0.3) is 11.1 Å². The van der Waals surface area contributed by atoms with Crippen LogP contribution in [0.4, 0.5) is 15.3 Å². The fraction of sp³-hybridized carbons (Fsp3) is 0.459. The zero-order chi connectivity index (χ0) is 86.8. The van der Waals surface area contributed by atoms with Gasteiger partial charge in [-0.15, -0.1) is 0 Å². The molecule has 0 spiro atoms. The standard InChI is InChI=1S/C85H100ClN13O23/c1-36(2)18-54(89-7)76(107)98-68-70(103)42-10-14-57(37(3)19-42)118-59-28-47-29-60(74(59)121-83-73(106)72(105)75-61(120-83)33-90-85(115)122-75)119-58-15-11-43(27-52(58)86)71(104)69-82(113)97-67(80(111)94-64-45-22-39-21-40(24-45)25-46(64)23-39)51-30-48(100)20-38(4)63(51)50-26-41(9-13-56(50)101)65(78(109)99-69)96-79(110)66(47)95-77(108)55(91-81(68)112)32-62(102)93-84(114)92-53-31-49(117-17-16-87-5)12-8-44(53)34-116-35-88-6/h8-15,19-20,26-31,36,39-40,45-46,54-55,61,64-73,75,83,87-89,100-101,103-106H,16-18,21-25,32-35H2,1-7H3,(H,90,115)(H,91,112)(H,94,111)(H,95,108)(H,96,110)(H,97,113)(H,98,107)(H,99,109)(H2,92,93,102,114)/t39?,40?,45?,46?,54-,55+,61-,64?,65-,66-,67+,68-,69+,70-,71-,72-,73-,75-,83+/m1/s1. The third-order valence-electron chi connectivity index (χ3n) is 23.6. The van der Waals surface area contributed by atoms with E-state index in [2.05, 4.69) is 69.1 Å². The Bertz CT molecular complexity index is 5030. The summed E-state index contributed by atoms with van der Waals surface area (Å²) in [5, 5.41) is 108. The molecular formula is C85H100ClN13O23. The van der Waals surface area contributed by atoms with Crippen LogP contribution >= 0.6 is 11.6 Å². The fourth-order valence-electron chi connectivity index (χ4n) is 17.8. The van der Waals surface area contributed by atoms with Crippen molar-refractivity contribution in [2.75, 3.05) is 52.9 Å². The Labute approximate surface area is 705 Å². The molecule has 4 saturated carbocycles. The number of aliphatic hydroxyl groups excluding tert-OH is 4. The molecule has 11 aliphatic rings. The molecule has 122 heavy (non-hydrogen) atoms. The van der Waals surface area contributed by atoms with Gasteiger partial charge < -0.3 is 122 Å². The first kappa shape index (κ1) is 86.9. The van der Waals surface area contributed by atoms with Gasteiger partial charge in [0, 0.05) is 29.8 Å². The predicted molar refractivity (Wildman–Crippen MR) is 435 cm³/mol. The van der Waals surface area contributed by atoms with Crippen molar-refractivity contribution >= 4 is 76.7 Å². The number of halogens is 1. The zero-order valence-corrected chi connectivity index (χ0v) is 68.5. The SMILES string of the molecule is CNCCOc1ccc(COCNC)c(NC(=O)NC(=O)C[C@@H]2NC(=O)[C@H](NC(=O)[C@@H](CC(C)C)NC)[C@H](O)c3ccc(c(C)c3)Oc3cc4cc(c3O[C@@H]3O[C@@H]5CNC(=O)O[C@H]5[C@H](O)[C@H]3O)Oc3ccc(cc3Cl)[C@@H](O)[C@@H]3NC(=O)[C@H](NC(=O)[C@@H]4NC2=O)c2ccc(O)c(c2)-c2c(C)cc(O)cc2[C@@H](C(=O)NC2C4CC5CC(C4)CC2C5)NC3=O)c1. The number of aromatic hydroxyl groups is 2. The molecule has 6 aromatic carbocycles. The van der Waals surface area contributed by atoms with Crippen molar-refractivity contribution in [1.82, 2.24) is 63.8 Å². The molecule has 19 N–H and O–H groups in total. The average molecular weight is 1710 g/mol. The Morgan fingerprint density at radius 1 is 0.656 bits per heavy atom. The molecule has 7 heterocycles. The number of benzene rings is 6. The van der Waals surface area contributed by atoms with Crippen molar-refractivity contribution < 1.29 is 112 Å². The van der Waals surface area contributed by atoms with Gasteiger partial charge in [0.2, 0.25) is 59.3 Å². The Kier molecular flexibility index (Phi) is 26.4. The van der Waals surface area contributed by atoms with Crippen molar-refractivity contribution in [3.63, 3.8) is 0 Å². The number of urea groups is 1. The minimum atomic E-state index is -2.33. The minimum Gasteiger partial charge on any atom is -0.508 e. The molecule has 4 aliphatic carbocycles. The van der Waals surface area contributed by atoms with E-state index in [1.807, 2.05) is 13.8 Å². The van der Waals surface area contributed by atoms with Gasteiger partial charge in [-0.2, -0.15) is 0 Å². The summed E-state index contributed by atoms with van der Waals surface area (Å²) in [5.41, 5.74) is 0.118. The topological polar surface area (TPSA) is 513 Å². The number of ether oxygens (including phenoxy) is 7. The number of hydrogen-bond donors (Lipinski definition) is 19. The molecule has 0 aromatic heterocycles. The van der Waals surface area contributed by atoms with Crippen LogP contribution in [0, 0.1) is 43.4 Å². The van der Waals surface area contributed by atoms with Crippen molar-refractivity contribution in [1.29, 1.82) is 0 Å². The number of likely N-dealkylation sites (N-methyl/N-ethyl adjacent to an activating group) is 2. The van der Waals surface area contributed by atoms with Crippen molar-refractivity contribution in [3.05, 3.63) is 147 Å². The number of hydrogen-bond acceptors (Lipinski definition) is 26. The lowest BCUT2D eigenvalue weighted by atomic mass is 9.54. The van der Waals surface area contributed by atoms with Gasteiger partial charge in [-0.25, -0.2) is 9.59 Å². The van der Waals surface area contributed by atoms with Crippen molar-refractivity contribution in [3.8, 4) is 57.1 Å². The molecular weight excluding hydrogens is 1610 g/mol. The van der Waals surface area contributed by atoms with Gasteiger partial charge >= 0.3 is 12.1 Å². The number of fused-ring (bicyclic) bond motifs is 16. The number of alkyl carbamates (subject to hydrolysis) is 1. The summed E-state index contributed by atoms with van der Waals surface area (Å²) in [7, 11) is 4.88. The summed E-state index contributed by atoms with van der Waals surface area (Å²) in [4.78, 5) is 152.